The summed E-state index contributed by atoms with van der Waals surface area (Å²) in [5, 5.41) is 6.82. The molecule has 30 heavy (non-hydrogen) atoms. The molecule has 0 aliphatic carbocycles. The van der Waals surface area contributed by atoms with Gasteiger partial charge in [0.1, 0.15) is 11.9 Å². The zero-order valence-electron chi connectivity index (χ0n) is 17.9. The maximum atomic E-state index is 13.5. The number of rotatable bonds is 7. The zero-order chi connectivity index (χ0) is 21.3. The topological polar surface area (TPSA) is 58.1 Å². The molecule has 1 atom stereocenters. The van der Waals surface area contributed by atoms with Crippen LogP contribution in [0.4, 0.5) is 10.1 Å². The van der Waals surface area contributed by atoms with Gasteiger partial charge in [0.25, 0.3) is 0 Å². The fourth-order valence-corrected chi connectivity index (χ4v) is 3.56. The third-order valence-electron chi connectivity index (χ3n) is 5.19. The summed E-state index contributed by atoms with van der Waals surface area (Å²) in [6.07, 6.45) is 1.87. The summed E-state index contributed by atoms with van der Waals surface area (Å²) in [7, 11) is 3.40. The highest BCUT2D eigenvalue weighted by Crippen LogP contribution is 2.26. The van der Waals surface area contributed by atoms with Crippen LogP contribution in [0, 0.1) is 5.82 Å². The predicted octanol–water partition coefficient (Wildman–Crippen LogP) is 3.44. The Morgan fingerprint density at radius 3 is 2.57 bits per heavy atom. The van der Waals surface area contributed by atoms with Crippen molar-refractivity contribution in [2.75, 3.05) is 38.7 Å². The van der Waals surface area contributed by atoms with Crippen LogP contribution in [0.3, 0.4) is 0 Å². The molecule has 2 aromatic carbocycles. The molecular weight excluding hydrogens is 383 g/mol. The zero-order valence-corrected chi connectivity index (χ0v) is 17.9. The molecule has 6 nitrogen and oxygen atoms in total. The number of ether oxygens (including phenoxy) is 2. The highest BCUT2D eigenvalue weighted by molar-refractivity contribution is 5.80. The molecule has 1 unspecified atom stereocenters. The quantitative estimate of drug-likeness (QED) is 0.537. The van der Waals surface area contributed by atoms with E-state index in [0.29, 0.717) is 12.6 Å². The van der Waals surface area contributed by atoms with E-state index >= 15 is 0 Å². The molecule has 162 valence electrons. The first-order valence-corrected chi connectivity index (χ1v) is 10.4. The highest BCUT2D eigenvalue weighted by Gasteiger charge is 2.20. The van der Waals surface area contributed by atoms with Crippen LogP contribution in [-0.2, 0) is 0 Å². The number of nitrogens with one attached hydrogen (secondary N) is 2. The van der Waals surface area contributed by atoms with E-state index in [4.69, 9.17) is 9.47 Å². The molecule has 1 heterocycles. The Balaban J connectivity index is 1.44. The van der Waals surface area contributed by atoms with Crippen LogP contribution in [-0.4, -0.2) is 51.9 Å². The van der Waals surface area contributed by atoms with Gasteiger partial charge in [-0.15, -0.1) is 0 Å². The molecule has 0 bridgehead atoms. The molecule has 7 heteroatoms. The molecule has 0 amide bonds. The van der Waals surface area contributed by atoms with Crippen LogP contribution in [0.5, 0.6) is 11.5 Å². The fraction of sp³-hybridized carbons (Fsp3) is 0.435. The Hall–Kier alpha value is -2.96. The fourth-order valence-electron chi connectivity index (χ4n) is 3.56. The highest BCUT2D eigenvalue weighted by atomic mass is 19.1. The van der Waals surface area contributed by atoms with Crippen molar-refractivity contribution in [3.8, 4) is 11.5 Å². The van der Waals surface area contributed by atoms with Crippen molar-refractivity contribution in [2.45, 2.75) is 31.9 Å². The van der Waals surface area contributed by atoms with E-state index in [9.17, 15) is 4.39 Å². The Morgan fingerprint density at radius 2 is 1.90 bits per heavy atom. The van der Waals surface area contributed by atoms with E-state index in [1.54, 1.807) is 26.3 Å². The van der Waals surface area contributed by atoms with Crippen molar-refractivity contribution in [3.05, 3.63) is 54.3 Å². The molecule has 0 saturated carbocycles. The van der Waals surface area contributed by atoms with E-state index in [1.165, 1.54) is 6.07 Å². The Bertz CT molecular complexity index is 837. The average molecular weight is 415 g/mol. The van der Waals surface area contributed by atoms with E-state index in [1.807, 2.05) is 37.3 Å². The molecule has 0 radical (unpaired) electrons. The van der Waals surface area contributed by atoms with Gasteiger partial charge in [-0.3, -0.25) is 4.99 Å². The van der Waals surface area contributed by atoms with Crippen molar-refractivity contribution in [1.29, 1.82) is 0 Å². The third kappa shape index (κ3) is 6.02. The van der Waals surface area contributed by atoms with Crippen molar-refractivity contribution >= 4 is 11.6 Å². The van der Waals surface area contributed by atoms with E-state index in [-0.39, 0.29) is 11.9 Å². The average Bonchev–Trinajstić information content (AvgIpc) is 2.77. The smallest absolute Gasteiger partial charge is 0.191 e. The van der Waals surface area contributed by atoms with Crippen LogP contribution in [0.25, 0.3) is 0 Å². The number of hydrogen-bond acceptors (Lipinski definition) is 4. The van der Waals surface area contributed by atoms with E-state index in [2.05, 4.69) is 20.5 Å². The third-order valence-corrected chi connectivity index (χ3v) is 5.19. The van der Waals surface area contributed by atoms with Gasteiger partial charge in [-0.2, -0.15) is 0 Å². The number of para-hydroxylation sites is 2. The first kappa shape index (κ1) is 21.7. The number of methoxy groups -OCH3 is 1. The molecule has 1 fully saturated rings. The molecule has 2 aromatic rings. The number of aliphatic imine (C=N–C) groups is 1. The second kappa shape index (κ2) is 10.7. The second-order valence-corrected chi connectivity index (χ2v) is 7.42. The standard InChI is InChI=1S/C23H31FN4O2/c1-17(30-22-10-5-4-9-21(22)29-3)16-26-23(25-2)27-19-11-13-28(14-12-19)20-8-6-7-18(24)15-20/h4-10,15,17,19H,11-14,16H2,1-3H3,(H2,25,26,27). The molecule has 0 aromatic heterocycles. The first-order chi connectivity index (χ1) is 14.6. The summed E-state index contributed by atoms with van der Waals surface area (Å²) in [5.74, 6) is 2.01. The van der Waals surface area contributed by atoms with E-state index < -0.39 is 0 Å². The molecule has 3 rings (SSSR count). The van der Waals surface area contributed by atoms with Gasteiger partial charge in [0.05, 0.1) is 13.7 Å². The summed E-state index contributed by atoms with van der Waals surface area (Å²) < 4.78 is 24.8. The minimum atomic E-state index is -0.193. The SMILES string of the molecule is CN=C(NCC(C)Oc1ccccc1OC)NC1CCN(c2cccc(F)c2)CC1. The Kier molecular flexibility index (Phi) is 7.76. The lowest BCUT2D eigenvalue weighted by Gasteiger charge is -2.34. The molecule has 1 aliphatic rings. The maximum Gasteiger partial charge on any atom is 0.191 e. The number of guanidine groups is 1. The Labute approximate surface area is 178 Å². The van der Waals surface area contributed by atoms with Crippen molar-refractivity contribution in [3.63, 3.8) is 0 Å². The van der Waals surface area contributed by atoms with Gasteiger partial charge in [-0.05, 0) is 50.1 Å². The molecule has 2 N–H and O–H groups in total. The molecule has 0 spiro atoms. The number of halogens is 1. The number of anilines is 1. The second-order valence-electron chi connectivity index (χ2n) is 7.42. The monoisotopic (exact) mass is 414 g/mol. The lowest BCUT2D eigenvalue weighted by Crippen LogP contribution is -2.50. The normalized spacial score (nSPS) is 16.1. The number of nitrogens with zero attached hydrogens (tertiary/aromatic N) is 2. The van der Waals surface area contributed by atoms with Crippen molar-refractivity contribution < 1.29 is 13.9 Å². The number of hydrogen-bond donors (Lipinski definition) is 2. The summed E-state index contributed by atoms with van der Waals surface area (Å²) in [6, 6.07) is 14.7. The summed E-state index contributed by atoms with van der Waals surface area (Å²) in [6.45, 7) is 4.38. The van der Waals surface area contributed by atoms with Crippen LogP contribution >= 0.6 is 0 Å². The van der Waals surface area contributed by atoms with Crippen LogP contribution in [0.2, 0.25) is 0 Å². The summed E-state index contributed by atoms with van der Waals surface area (Å²) in [4.78, 5) is 6.56. The number of benzene rings is 2. The maximum absolute atomic E-state index is 13.5. The number of piperidine rings is 1. The lowest BCUT2D eigenvalue weighted by atomic mass is 10.0. The minimum Gasteiger partial charge on any atom is -0.493 e. The van der Waals surface area contributed by atoms with Crippen LogP contribution in [0.1, 0.15) is 19.8 Å². The molecular formula is C23H31FN4O2. The van der Waals surface area contributed by atoms with Crippen molar-refractivity contribution in [1.82, 2.24) is 10.6 Å². The summed E-state index contributed by atoms with van der Waals surface area (Å²) >= 11 is 0. The van der Waals surface area contributed by atoms with Gasteiger partial charge in [0, 0.05) is 31.9 Å². The predicted molar refractivity (Wildman–Crippen MR) is 119 cm³/mol. The van der Waals surface area contributed by atoms with E-state index in [0.717, 1.165) is 49.1 Å². The summed E-state index contributed by atoms with van der Waals surface area (Å²) in [5.41, 5.74) is 0.943. The van der Waals surface area contributed by atoms with Crippen LogP contribution < -0.4 is 25.0 Å². The molecule has 1 saturated heterocycles. The van der Waals surface area contributed by atoms with Gasteiger partial charge in [-0.1, -0.05) is 18.2 Å². The van der Waals surface area contributed by atoms with Gasteiger partial charge < -0.3 is 25.0 Å². The van der Waals surface area contributed by atoms with Gasteiger partial charge in [-0.25, -0.2) is 4.39 Å². The van der Waals surface area contributed by atoms with Gasteiger partial charge in [0.2, 0.25) is 0 Å². The van der Waals surface area contributed by atoms with Crippen molar-refractivity contribution in [2.24, 2.45) is 4.99 Å². The largest absolute Gasteiger partial charge is 0.493 e. The van der Waals surface area contributed by atoms with Gasteiger partial charge >= 0.3 is 0 Å². The first-order valence-electron chi connectivity index (χ1n) is 10.4. The lowest BCUT2D eigenvalue weighted by molar-refractivity contribution is 0.213. The minimum absolute atomic E-state index is 0.0605. The Morgan fingerprint density at radius 1 is 1.17 bits per heavy atom. The van der Waals surface area contributed by atoms with Gasteiger partial charge in [0.15, 0.2) is 17.5 Å². The molecule has 1 aliphatic heterocycles. The van der Waals surface area contributed by atoms with Crippen LogP contribution in [0.15, 0.2) is 53.5 Å².